The molecule has 1 aromatic rings. The molecule has 8 heteroatoms. The van der Waals surface area contributed by atoms with Crippen molar-refractivity contribution in [3.63, 3.8) is 0 Å². The number of carbonyl (C=O) groups excluding carboxylic acids is 2. The number of nitrogens with zero attached hydrogens (tertiary/aromatic N) is 1. The van der Waals surface area contributed by atoms with Crippen LogP contribution >= 0.6 is 0 Å². The van der Waals surface area contributed by atoms with E-state index in [2.05, 4.69) is 10.6 Å². The van der Waals surface area contributed by atoms with E-state index in [1.807, 2.05) is 27.7 Å². The summed E-state index contributed by atoms with van der Waals surface area (Å²) in [5.74, 6) is -0.274. The van der Waals surface area contributed by atoms with Crippen LogP contribution in [0, 0.1) is 11.7 Å². The molecule has 174 valence electrons. The van der Waals surface area contributed by atoms with Gasteiger partial charge in [-0.3, -0.25) is 5.32 Å². The average Bonchev–Trinajstić information content (AvgIpc) is 2.61. The molecule has 0 radical (unpaired) electrons. The second-order valence-electron chi connectivity index (χ2n) is 10.1. The molecule has 1 aliphatic rings. The van der Waals surface area contributed by atoms with Crippen molar-refractivity contribution in [3.8, 4) is 0 Å². The molecule has 7 nitrogen and oxygen atoms in total. The minimum Gasteiger partial charge on any atom is -0.444 e. The van der Waals surface area contributed by atoms with Gasteiger partial charge in [-0.15, -0.1) is 0 Å². The summed E-state index contributed by atoms with van der Waals surface area (Å²) in [6, 6.07) is 4.25. The van der Waals surface area contributed by atoms with Crippen LogP contribution in [-0.2, 0) is 9.47 Å². The third-order valence-corrected chi connectivity index (χ3v) is 4.81. The zero-order valence-corrected chi connectivity index (χ0v) is 19.7. The maximum Gasteiger partial charge on any atom is 0.412 e. The van der Waals surface area contributed by atoms with E-state index < -0.39 is 23.1 Å². The molecule has 1 aliphatic heterocycles. The van der Waals surface area contributed by atoms with Gasteiger partial charge in [-0.1, -0.05) is 0 Å². The van der Waals surface area contributed by atoms with Crippen LogP contribution in [0.25, 0.3) is 0 Å². The van der Waals surface area contributed by atoms with Gasteiger partial charge < -0.3 is 19.7 Å². The number of carbonyl (C=O) groups is 2. The monoisotopic (exact) mass is 437 g/mol. The van der Waals surface area contributed by atoms with Gasteiger partial charge in [-0.2, -0.15) is 0 Å². The molecule has 0 aromatic heterocycles. The van der Waals surface area contributed by atoms with Crippen LogP contribution in [-0.4, -0.2) is 47.4 Å². The molecular formula is C23H36FN3O4. The standard InChI is InChI=1S/C23H36FN3O4/c1-15(16-9-8-12-27(14-16)21(29)31-23(5,6)7)25-19-13-17(10-11-18(19)24)26-20(28)30-22(2,3)4/h10-11,13,15-16,25H,8-9,12,14H2,1-7H3,(H,26,28). The van der Waals surface area contributed by atoms with Crippen molar-refractivity contribution in [2.45, 2.75) is 78.6 Å². The summed E-state index contributed by atoms with van der Waals surface area (Å²) in [6.45, 7) is 14.0. The molecule has 1 saturated heterocycles. The fourth-order valence-electron chi connectivity index (χ4n) is 3.41. The van der Waals surface area contributed by atoms with Crippen molar-refractivity contribution in [2.24, 2.45) is 5.92 Å². The molecular weight excluding hydrogens is 401 g/mol. The number of piperidine rings is 1. The predicted octanol–water partition coefficient (Wildman–Crippen LogP) is 5.62. The van der Waals surface area contributed by atoms with Crippen molar-refractivity contribution in [2.75, 3.05) is 23.7 Å². The van der Waals surface area contributed by atoms with Crippen molar-refractivity contribution in [3.05, 3.63) is 24.0 Å². The molecule has 0 aliphatic carbocycles. The first kappa shape index (κ1) is 24.8. The first-order valence-corrected chi connectivity index (χ1v) is 10.8. The van der Waals surface area contributed by atoms with Crippen molar-refractivity contribution >= 4 is 23.6 Å². The topological polar surface area (TPSA) is 79.9 Å². The third kappa shape index (κ3) is 8.26. The van der Waals surface area contributed by atoms with Gasteiger partial charge in [0.1, 0.15) is 17.0 Å². The number of hydrogen-bond donors (Lipinski definition) is 2. The SMILES string of the molecule is CC(Nc1cc(NC(=O)OC(C)(C)C)ccc1F)C1CCCN(C(=O)OC(C)(C)C)C1. The quantitative estimate of drug-likeness (QED) is 0.639. The Morgan fingerprint density at radius 2 is 1.77 bits per heavy atom. The van der Waals surface area contributed by atoms with E-state index in [0.29, 0.717) is 18.8 Å². The summed E-state index contributed by atoms with van der Waals surface area (Å²) in [4.78, 5) is 26.1. The summed E-state index contributed by atoms with van der Waals surface area (Å²) < 4.78 is 25.1. The first-order valence-electron chi connectivity index (χ1n) is 10.8. The lowest BCUT2D eigenvalue weighted by Gasteiger charge is -2.37. The number of amides is 2. The van der Waals surface area contributed by atoms with Gasteiger partial charge in [-0.25, -0.2) is 14.0 Å². The summed E-state index contributed by atoms with van der Waals surface area (Å²) in [5.41, 5.74) is -0.445. The van der Waals surface area contributed by atoms with Crippen molar-refractivity contribution < 1.29 is 23.5 Å². The number of nitrogens with one attached hydrogen (secondary N) is 2. The lowest BCUT2D eigenvalue weighted by Crippen LogP contribution is -2.46. The van der Waals surface area contributed by atoms with Crippen LogP contribution in [0.1, 0.15) is 61.3 Å². The highest BCUT2D eigenvalue weighted by atomic mass is 19.1. The van der Waals surface area contributed by atoms with Gasteiger partial charge in [0, 0.05) is 24.8 Å². The molecule has 0 bridgehead atoms. The molecule has 2 rings (SSSR count). The first-order chi connectivity index (χ1) is 14.2. The van der Waals surface area contributed by atoms with E-state index in [-0.39, 0.29) is 23.7 Å². The second-order valence-corrected chi connectivity index (χ2v) is 10.1. The van der Waals surface area contributed by atoms with E-state index in [0.717, 1.165) is 12.8 Å². The minimum absolute atomic E-state index is 0.0866. The molecule has 2 atom stereocenters. The zero-order chi connectivity index (χ0) is 23.4. The van der Waals surface area contributed by atoms with E-state index in [9.17, 15) is 14.0 Å². The Morgan fingerprint density at radius 1 is 1.13 bits per heavy atom. The van der Waals surface area contributed by atoms with Crippen LogP contribution in [0.2, 0.25) is 0 Å². The number of ether oxygens (including phenoxy) is 2. The molecule has 0 saturated carbocycles. The van der Waals surface area contributed by atoms with Crippen LogP contribution in [0.3, 0.4) is 0 Å². The smallest absolute Gasteiger partial charge is 0.412 e. The van der Waals surface area contributed by atoms with Crippen molar-refractivity contribution in [1.82, 2.24) is 4.90 Å². The van der Waals surface area contributed by atoms with Gasteiger partial charge in [0.15, 0.2) is 0 Å². The Bertz CT molecular complexity index is 786. The zero-order valence-electron chi connectivity index (χ0n) is 19.7. The Kier molecular flexibility index (Phi) is 7.78. The highest BCUT2D eigenvalue weighted by Crippen LogP contribution is 2.27. The maximum atomic E-state index is 14.4. The largest absolute Gasteiger partial charge is 0.444 e. The van der Waals surface area contributed by atoms with Crippen molar-refractivity contribution in [1.29, 1.82) is 0 Å². The number of benzene rings is 1. The molecule has 2 unspecified atom stereocenters. The molecule has 2 N–H and O–H groups in total. The molecule has 0 spiro atoms. The van der Waals surface area contributed by atoms with E-state index in [1.54, 1.807) is 31.7 Å². The molecule has 2 amide bonds. The van der Waals surface area contributed by atoms with Gasteiger partial charge in [0.25, 0.3) is 0 Å². The Labute approximate surface area is 184 Å². The van der Waals surface area contributed by atoms with E-state index >= 15 is 0 Å². The highest BCUT2D eigenvalue weighted by Gasteiger charge is 2.30. The number of halogens is 1. The van der Waals surface area contributed by atoms with Crippen LogP contribution in [0.15, 0.2) is 18.2 Å². The number of likely N-dealkylation sites (tertiary alicyclic amines) is 1. The fourth-order valence-corrected chi connectivity index (χ4v) is 3.41. The van der Waals surface area contributed by atoms with Gasteiger partial charge in [0.05, 0.1) is 5.69 Å². The Hall–Kier alpha value is -2.51. The van der Waals surface area contributed by atoms with E-state index in [4.69, 9.17) is 9.47 Å². The summed E-state index contributed by atoms with van der Waals surface area (Å²) >= 11 is 0. The van der Waals surface area contributed by atoms with Crippen LogP contribution < -0.4 is 10.6 Å². The maximum absolute atomic E-state index is 14.4. The number of hydrogen-bond acceptors (Lipinski definition) is 5. The lowest BCUT2D eigenvalue weighted by atomic mass is 9.91. The third-order valence-electron chi connectivity index (χ3n) is 4.81. The second kappa shape index (κ2) is 9.75. The van der Waals surface area contributed by atoms with Gasteiger partial charge >= 0.3 is 12.2 Å². The molecule has 1 heterocycles. The highest BCUT2D eigenvalue weighted by molar-refractivity contribution is 5.85. The number of rotatable bonds is 4. The molecule has 1 aromatic carbocycles. The van der Waals surface area contributed by atoms with Crippen LogP contribution in [0.4, 0.5) is 25.4 Å². The fraction of sp³-hybridized carbons (Fsp3) is 0.652. The predicted molar refractivity (Wildman–Crippen MR) is 120 cm³/mol. The summed E-state index contributed by atoms with van der Waals surface area (Å²) in [5, 5.41) is 5.83. The summed E-state index contributed by atoms with van der Waals surface area (Å²) in [6.07, 6.45) is 0.862. The minimum atomic E-state index is -0.624. The lowest BCUT2D eigenvalue weighted by molar-refractivity contribution is 0.0159. The average molecular weight is 438 g/mol. The van der Waals surface area contributed by atoms with E-state index in [1.165, 1.54) is 12.1 Å². The van der Waals surface area contributed by atoms with Crippen LogP contribution in [0.5, 0.6) is 0 Å². The van der Waals surface area contributed by atoms with Gasteiger partial charge in [-0.05, 0) is 85.4 Å². The Balaban J connectivity index is 2.01. The van der Waals surface area contributed by atoms with Gasteiger partial charge in [0.2, 0.25) is 0 Å². The normalized spacial score (nSPS) is 18.2. The number of anilines is 2. The molecule has 31 heavy (non-hydrogen) atoms. The Morgan fingerprint density at radius 3 is 2.39 bits per heavy atom. The molecule has 1 fully saturated rings. The summed E-state index contributed by atoms with van der Waals surface area (Å²) in [7, 11) is 0.